The van der Waals surface area contributed by atoms with Crippen molar-refractivity contribution in [2.24, 2.45) is 5.92 Å². The third-order valence-electron chi connectivity index (χ3n) is 7.20. The van der Waals surface area contributed by atoms with Gasteiger partial charge in [0, 0.05) is 31.1 Å². The fraction of sp³-hybridized carbons (Fsp3) is 0.538. The molecular weight excluding hydrogens is 464 g/mol. The van der Waals surface area contributed by atoms with Crippen molar-refractivity contribution in [2.75, 3.05) is 24.6 Å². The molecule has 0 aliphatic carbocycles. The van der Waals surface area contributed by atoms with Crippen LogP contribution in [0.4, 0.5) is 5.69 Å². The lowest BCUT2D eigenvalue weighted by molar-refractivity contribution is -0.125. The average Bonchev–Trinajstić information content (AvgIpc) is 3.37. The summed E-state index contributed by atoms with van der Waals surface area (Å²) in [7, 11) is 0. The lowest BCUT2D eigenvalue weighted by Gasteiger charge is -2.39. The van der Waals surface area contributed by atoms with Crippen molar-refractivity contribution >= 4 is 34.7 Å². The van der Waals surface area contributed by atoms with Crippen molar-refractivity contribution < 1.29 is 19.1 Å². The number of thiazole rings is 1. The minimum atomic E-state index is -0.369. The number of fused-ring (bicyclic) bond motifs is 1. The van der Waals surface area contributed by atoms with Gasteiger partial charge in [0.05, 0.1) is 45.6 Å². The molecule has 35 heavy (non-hydrogen) atoms. The van der Waals surface area contributed by atoms with Gasteiger partial charge in [0.1, 0.15) is 0 Å². The highest BCUT2D eigenvalue weighted by atomic mass is 32.1. The molecule has 9 heteroatoms. The number of rotatable bonds is 5. The van der Waals surface area contributed by atoms with E-state index in [9.17, 15) is 14.4 Å². The predicted molar refractivity (Wildman–Crippen MR) is 134 cm³/mol. The van der Waals surface area contributed by atoms with E-state index >= 15 is 0 Å². The van der Waals surface area contributed by atoms with Gasteiger partial charge >= 0.3 is 0 Å². The second-order valence-electron chi connectivity index (χ2n) is 10.3. The van der Waals surface area contributed by atoms with Crippen LogP contribution in [0.3, 0.4) is 0 Å². The van der Waals surface area contributed by atoms with Gasteiger partial charge in [-0.25, -0.2) is 4.98 Å². The first-order chi connectivity index (χ1) is 16.7. The molecular formula is C26H32N4O4S. The molecule has 3 aliphatic heterocycles. The molecule has 2 fully saturated rings. The summed E-state index contributed by atoms with van der Waals surface area (Å²) in [6.07, 6.45) is 2.91. The molecule has 0 bridgehead atoms. The Bertz CT molecular complexity index is 1160. The number of aryl methyl sites for hydroxylation is 1. The molecule has 2 aromatic rings. The third kappa shape index (κ3) is 4.71. The molecule has 186 valence electrons. The third-order valence-corrected chi connectivity index (χ3v) is 8.03. The summed E-state index contributed by atoms with van der Waals surface area (Å²) < 4.78 is 5.81. The number of ether oxygens (including phenoxy) is 1. The molecule has 5 rings (SSSR count). The number of amides is 3. The van der Waals surface area contributed by atoms with Crippen LogP contribution >= 0.6 is 11.3 Å². The first kappa shape index (κ1) is 23.9. The summed E-state index contributed by atoms with van der Waals surface area (Å²) in [6.45, 7) is 8.16. The van der Waals surface area contributed by atoms with E-state index in [2.05, 4.69) is 15.2 Å². The Kier molecular flexibility index (Phi) is 6.40. The molecule has 0 radical (unpaired) electrons. The maximum atomic E-state index is 13.6. The number of nitrogens with one attached hydrogen (secondary N) is 1. The zero-order valence-corrected chi connectivity index (χ0v) is 21.3. The van der Waals surface area contributed by atoms with Crippen molar-refractivity contribution in [3.8, 4) is 0 Å². The van der Waals surface area contributed by atoms with E-state index in [1.807, 2.05) is 38.3 Å². The Labute approximate surface area is 209 Å². The number of carbonyl (C=O) groups is 3. The molecule has 3 aliphatic rings. The van der Waals surface area contributed by atoms with Crippen molar-refractivity contribution in [2.45, 2.75) is 64.6 Å². The number of aromatic nitrogens is 1. The number of anilines is 1. The Morgan fingerprint density at radius 1 is 1.26 bits per heavy atom. The SMILES string of the molecule is Cc1nc(CNC(=O)[C@@H]2CCCN(c3cccc4c3C(=O)N([C@@H]3CCOC(C)(C)C3)C4=O)C2)cs1. The standard InChI is InChI=1S/C26H32N4O4S/c1-16-28-18(15-35-16)13-27-23(31)17-6-5-10-29(14-17)21-8-4-7-20-22(21)25(33)30(24(20)32)19-9-11-34-26(2,3)12-19/h4,7-8,15,17,19H,5-6,9-14H2,1-3H3,(H,27,31)/t17-,19-/m1/s1. The number of imide groups is 1. The molecule has 0 unspecified atom stereocenters. The Hall–Kier alpha value is -2.78. The van der Waals surface area contributed by atoms with Crippen LogP contribution in [0.5, 0.6) is 0 Å². The zero-order chi connectivity index (χ0) is 24.7. The largest absolute Gasteiger partial charge is 0.375 e. The quantitative estimate of drug-likeness (QED) is 0.637. The van der Waals surface area contributed by atoms with Crippen LogP contribution in [-0.2, 0) is 16.1 Å². The average molecular weight is 497 g/mol. The Morgan fingerprint density at radius 2 is 2.09 bits per heavy atom. The number of piperidine rings is 1. The summed E-state index contributed by atoms with van der Waals surface area (Å²) in [5, 5.41) is 5.96. The van der Waals surface area contributed by atoms with Gasteiger partial charge in [0.15, 0.2) is 0 Å². The molecule has 1 aromatic heterocycles. The molecule has 0 spiro atoms. The smallest absolute Gasteiger partial charge is 0.263 e. The highest BCUT2D eigenvalue weighted by Gasteiger charge is 2.45. The molecule has 3 amide bonds. The minimum absolute atomic E-state index is 0.00129. The Balaban J connectivity index is 1.32. The van der Waals surface area contributed by atoms with Gasteiger partial charge in [-0.2, -0.15) is 0 Å². The summed E-state index contributed by atoms with van der Waals surface area (Å²) in [5.41, 5.74) is 2.19. The maximum Gasteiger partial charge on any atom is 0.263 e. The van der Waals surface area contributed by atoms with E-state index in [4.69, 9.17) is 4.74 Å². The Morgan fingerprint density at radius 3 is 2.83 bits per heavy atom. The van der Waals surface area contributed by atoms with E-state index in [0.29, 0.717) is 43.7 Å². The fourth-order valence-electron chi connectivity index (χ4n) is 5.52. The monoisotopic (exact) mass is 496 g/mol. The summed E-state index contributed by atoms with van der Waals surface area (Å²) in [4.78, 5) is 47.8. The lowest BCUT2D eigenvalue weighted by Crippen LogP contribution is -2.48. The number of nitrogens with zero attached hydrogens (tertiary/aromatic N) is 3. The number of benzene rings is 1. The van der Waals surface area contributed by atoms with Gasteiger partial charge in [-0.15, -0.1) is 11.3 Å². The van der Waals surface area contributed by atoms with Gasteiger partial charge in [-0.05, 0) is 58.6 Å². The van der Waals surface area contributed by atoms with E-state index in [1.54, 1.807) is 17.4 Å². The second kappa shape index (κ2) is 9.35. The summed E-state index contributed by atoms with van der Waals surface area (Å²) >= 11 is 1.57. The van der Waals surface area contributed by atoms with Crippen LogP contribution in [-0.4, -0.2) is 58.9 Å². The van der Waals surface area contributed by atoms with Crippen LogP contribution in [0.1, 0.15) is 70.9 Å². The van der Waals surface area contributed by atoms with E-state index in [0.717, 1.165) is 35.8 Å². The molecule has 2 atom stereocenters. The van der Waals surface area contributed by atoms with Gasteiger partial charge in [0.25, 0.3) is 11.8 Å². The molecule has 4 heterocycles. The van der Waals surface area contributed by atoms with Crippen molar-refractivity contribution in [1.29, 1.82) is 0 Å². The molecule has 8 nitrogen and oxygen atoms in total. The highest BCUT2D eigenvalue weighted by molar-refractivity contribution is 7.09. The predicted octanol–water partition coefficient (Wildman–Crippen LogP) is 3.54. The highest BCUT2D eigenvalue weighted by Crippen LogP contribution is 2.38. The first-order valence-electron chi connectivity index (χ1n) is 12.3. The number of hydrogen-bond donors (Lipinski definition) is 1. The van der Waals surface area contributed by atoms with Gasteiger partial charge in [0.2, 0.25) is 5.91 Å². The van der Waals surface area contributed by atoms with Crippen molar-refractivity contribution in [1.82, 2.24) is 15.2 Å². The molecule has 1 aromatic carbocycles. The molecule has 1 N–H and O–H groups in total. The zero-order valence-electron chi connectivity index (χ0n) is 20.5. The van der Waals surface area contributed by atoms with Crippen LogP contribution in [0.15, 0.2) is 23.6 Å². The van der Waals surface area contributed by atoms with Crippen LogP contribution in [0.25, 0.3) is 0 Å². The summed E-state index contributed by atoms with van der Waals surface area (Å²) in [6, 6.07) is 5.31. The number of hydrogen-bond acceptors (Lipinski definition) is 7. The normalized spacial score (nSPS) is 24.0. The van der Waals surface area contributed by atoms with Gasteiger partial charge in [-0.3, -0.25) is 19.3 Å². The lowest BCUT2D eigenvalue weighted by atomic mass is 9.93. The van der Waals surface area contributed by atoms with Gasteiger partial charge < -0.3 is 15.0 Å². The molecule has 0 saturated carbocycles. The van der Waals surface area contributed by atoms with E-state index in [-0.39, 0.29) is 35.3 Å². The number of carbonyl (C=O) groups excluding carboxylic acids is 3. The van der Waals surface area contributed by atoms with Crippen LogP contribution < -0.4 is 10.2 Å². The van der Waals surface area contributed by atoms with E-state index < -0.39 is 0 Å². The van der Waals surface area contributed by atoms with Crippen LogP contribution in [0.2, 0.25) is 0 Å². The van der Waals surface area contributed by atoms with Gasteiger partial charge in [-0.1, -0.05) is 6.07 Å². The first-order valence-corrected chi connectivity index (χ1v) is 13.2. The second-order valence-corrected chi connectivity index (χ2v) is 11.4. The van der Waals surface area contributed by atoms with E-state index in [1.165, 1.54) is 4.90 Å². The van der Waals surface area contributed by atoms with Crippen molar-refractivity contribution in [3.63, 3.8) is 0 Å². The van der Waals surface area contributed by atoms with Crippen LogP contribution in [0, 0.1) is 12.8 Å². The van der Waals surface area contributed by atoms with Crippen molar-refractivity contribution in [3.05, 3.63) is 45.4 Å². The summed E-state index contributed by atoms with van der Waals surface area (Å²) in [5.74, 6) is -0.631. The maximum absolute atomic E-state index is 13.6. The fourth-order valence-corrected chi connectivity index (χ4v) is 6.13. The topological polar surface area (TPSA) is 91.8 Å². The molecule has 2 saturated heterocycles. The minimum Gasteiger partial charge on any atom is -0.375 e.